The van der Waals surface area contributed by atoms with Crippen molar-refractivity contribution < 1.29 is 10.0 Å². The molecule has 0 atom stereocenters. The molecule has 0 bridgehead atoms. The van der Waals surface area contributed by atoms with Crippen molar-refractivity contribution in [2.75, 3.05) is 18.5 Å². The summed E-state index contributed by atoms with van der Waals surface area (Å²) in [6, 6.07) is 4.27. The Kier molecular flexibility index (Phi) is 6.14. The molecule has 0 heterocycles. The number of benzene rings is 1. The molecule has 1 rings (SSSR count). The third kappa shape index (κ3) is 4.82. The minimum Gasteiger partial charge on any atom is -0.396 e. The van der Waals surface area contributed by atoms with Crippen LogP contribution >= 0.6 is 0 Å². The van der Waals surface area contributed by atoms with E-state index in [9.17, 15) is 10.1 Å². The van der Waals surface area contributed by atoms with Crippen molar-refractivity contribution >= 4 is 17.1 Å². The Morgan fingerprint density at radius 1 is 1.42 bits per heavy atom. The molecule has 2 N–H and O–H groups in total. The van der Waals surface area contributed by atoms with E-state index in [-0.39, 0.29) is 18.0 Å². The van der Waals surface area contributed by atoms with E-state index in [1.54, 1.807) is 0 Å². The highest BCUT2D eigenvalue weighted by molar-refractivity contribution is 5.66. The molecule has 1 aromatic rings. The zero-order valence-electron chi connectivity index (χ0n) is 10.3. The first kappa shape index (κ1) is 14.7. The monoisotopic (exact) mass is 265 g/mol. The lowest BCUT2D eigenvalue weighted by Gasteiger charge is -2.07. The van der Waals surface area contributed by atoms with E-state index in [1.165, 1.54) is 18.2 Å². The lowest BCUT2D eigenvalue weighted by Crippen LogP contribution is -2.04. The van der Waals surface area contributed by atoms with Crippen LogP contribution in [0.2, 0.25) is 0 Å². The van der Waals surface area contributed by atoms with Crippen molar-refractivity contribution in [1.82, 2.24) is 0 Å². The van der Waals surface area contributed by atoms with Crippen LogP contribution in [0.25, 0.3) is 10.4 Å². The molecule has 0 aliphatic heterocycles. The fraction of sp³-hybridized carbons (Fsp3) is 0.455. The van der Waals surface area contributed by atoms with E-state index in [1.807, 2.05) is 0 Å². The van der Waals surface area contributed by atoms with Gasteiger partial charge in [-0.3, -0.25) is 10.1 Å². The first-order valence-corrected chi connectivity index (χ1v) is 5.87. The number of anilines is 1. The number of aliphatic hydroxyl groups is 1. The van der Waals surface area contributed by atoms with Gasteiger partial charge in [-0.05, 0) is 30.9 Å². The van der Waals surface area contributed by atoms with Gasteiger partial charge < -0.3 is 10.4 Å². The Balaban J connectivity index is 2.71. The molecule has 0 amide bonds. The number of unbranched alkanes of at least 4 members (excludes halogenated alkanes) is 2. The highest BCUT2D eigenvalue weighted by atomic mass is 16.6. The van der Waals surface area contributed by atoms with E-state index < -0.39 is 4.92 Å². The molecule has 102 valence electrons. The van der Waals surface area contributed by atoms with Crippen molar-refractivity contribution in [3.05, 3.63) is 38.8 Å². The van der Waals surface area contributed by atoms with Gasteiger partial charge in [0.25, 0.3) is 5.69 Å². The van der Waals surface area contributed by atoms with Crippen LogP contribution in [0.15, 0.2) is 23.3 Å². The van der Waals surface area contributed by atoms with Gasteiger partial charge in [-0.25, -0.2) is 0 Å². The van der Waals surface area contributed by atoms with Crippen LogP contribution in [0.3, 0.4) is 0 Å². The molecule has 8 heteroatoms. The Morgan fingerprint density at radius 2 is 2.21 bits per heavy atom. The second-order valence-corrected chi connectivity index (χ2v) is 3.86. The maximum Gasteiger partial charge on any atom is 0.292 e. The van der Waals surface area contributed by atoms with Crippen LogP contribution in [0, 0.1) is 10.1 Å². The van der Waals surface area contributed by atoms with Crippen LogP contribution in [0.5, 0.6) is 0 Å². The SMILES string of the molecule is [N-]=[N+]=Nc1ccc(NCCCCCO)c([N+](=O)[O-])c1. The summed E-state index contributed by atoms with van der Waals surface area (Å²) in [5.74, 6) is 0. The number of rotatable bonds is 8. The molecule has 0 saturated heterocycles. The number of nitrogens with zero attached hydrogens (tertiary/aromatic N) is 4. The normalized spacial score (nSPS) is 9.74. The largest absolute Gasteiger partial charge is 0.396 e. The molecular weight excluding hydrogens is 250 g/mol. The number of hydrogen-bond acceptors (Lipinski definition) is 5. The van der Waals surface area contributed by atoms with Gasteiger partial charge in [0.05, 0.1) is 4.92 Å². The highest BCUT2D eigenvalue weighted by Crippen LogP contribution is 2.29. The van der Waals surface area contributed by atoms with Crippen LogP contribution in [0.1, 0.15) is 19.3 Å². The first-order chi connectivity index (χ1) is 9.19. The maximum atomic E-state index is 10.9. The molecule has 19 heavy (non-hydrogen) atoms. The topological polar surface area (TPSA) is 124 Å². The van der Waals surface area contributed by atoms with Crippen LogP contribution in [-0.2, 0) is 0 Å². The first-order valence-electron chi connectivity index (χ1n) is 5.87. The maximum absolute atomic E-state index is 10.9. The van der Waals surface area contributed by atoms with E-state index in [0.717, 1.165) is 19.3 Å². The second-order valence-electron chi connectivity index (χ2n) is 3.86. The minimum atomic E-state index is -0.521. The molecule has 0 aliphatic carbocycles. The summed E-state index contributed by atoms with van der Waals surface area (Å²) in [7, 11) is 0. The molecule has 8 nitrogen and oxygen atoms in total. The third-order valence-electron chi connectivity index (χ3n) is 2.49. The van der Waals surface area contributed by atoms with Gasteiger partial charge >= 0.3 is 0 Å². The second kappa shape index (κ2) is 7.91. The number of azide groups is 1. The molecule has 1 aromatic carbocycles. The van der Waals surface area contributed by atoms with Crippen molar-refractivity contribution in [2.45, 2.75) is 19.3 Å². The summed E-state index contributed by atoms with van der Waals surface area (Å²) in [5, 5.41) is 25.8. The number of hydrogen-bond donors (Lipinski definition) is 2. The van der Waals surface area contributed by atoms with Crippen molar-refractivity contribution in [3.63, 3.8) is 0 Å². The van der Waals surface area contributed by atoms with Gasteiger partial charge in [0.2, 0.25) is 0 Å². The fourth-order valence-corrected chi connectivity index (χ4v) is 1.57. The molecule has 0 spiro atoms. The minimum absolute atomic E-state index is 0.118. The molecule has 0 aliphatic rings. The third-order valence-corrected chi connectivity index (χ3v) is 2.49. The summed E-state index contributed by atoms with van der Waals surface area (Å²) in [4.78, 5) is 13.0. The Bertz CT molecular complexity index is 485. The van der Waals surface area contributed by atoms with Crippen molar-refractivity contribution in [3.8, 4) is 0 Å². The lowest BCUT2D eigenvalue weighted by atomic mass is 10.2. The fourth-order valence-electron chi connectivity index (χ4n) is 1.57. The number of nitro groups is 1. The molecule has 0 unspecified atom stereocenters. The van der Waals surface area contributed by atoms with Crippen molar-refractivity contribution in [1.29, 1.82) is 0 Å². The smallest absolute Gasteiger partial charge is 0.292 e. The predicted octanol–water partition coefficient (Wildman–Crippen LogP) is 3.11. The van der Waals surface area contributed by atoms with Gasteiger partial charge in [-0.1, -0.05) is 11.2 Å². The quantitative estimate of drug-likeness (QED) is 0.187. The summed E-state index contributed by atoms with van der Waals surface area (Å²) in [6.45, 7) is 0.739. The van der Waals surface area contributed by atoms with E-state index in [4.69, 9.17) is 10.6 Å². The van der Waals surface area contributed by atoms with Gasteiger partial charge in [0, 0.05) is 29.8 Å². The number of nitrogens with one attached hydrogen (secondary N) is 1. The van der Waals surface area contributed by atoms with Gasteiger partial charge in [0.15, 0.2) is 0 Å². The van der Waals surface area contributed by atoms with Gasteiger partial charge in [-0.15, -0.1) is 0 Å². The molecule has 0 saturated carbocycles. The van der Waals surface area contributed by atoms with Crippen LogP contribution in [0.4, 0.5) is 17.1 Å². The molecule has 0 aromatic heterocycles. The highest BCUT2D eigenvalue weighted by Gasteiger charge is 2.13. The van der Waals surface area contributed by atoms with Gasteiger partial charge in [-0.2, -0.15) is 0 Å². The van der Waals surface area contributed by atoms with Gasteiger partial charge in [0.1, 0.15) is 5.69 Å². The standard InChI is InChI=1S/C11H15N5O3/c12-15-14-9-4-5-10(11(8-9)16(18)19)13-6-2-1-3-7-17/h4-5,8,13,17H,1-3,6-7H2. The summed E-state index contributed by atoms with van der Waals surface area (Å²) >= 11 is 0. The summed E-state index contributed by atoms with van der Waals surface area (Å²) in [5.41, 5.74) is 8.78. The molecule has 0 fully saturated rings. The lowest BCUT2D eigenvalue weighted by molar-refractivity contribution is -0.383. The van der Waals surface area contributed by atoms with Crippen LogP contribution < -0.4 is 5.32 Å². The van der Waals surface area contributed by atoms with E-state index in [0.29, 0.717) is 12.2 Å². The van der Waals surface area contributed by atoms with E-state index >= 15 is 0 Å². The molecule has 0 radical (unpaired) electrons. The molecular formula is C11H15N5O3. The zero-order chi connectivity index (χ0) is 14.1. The summed E-state index contributed by atoms with van der Waals surface area (Å²) in [6.07, 6.45) is 2.39. The Hall–Kier alpha value is -2.31. The summed E-state index contributed by atoms with van der Waals surface area (Å²) < 4.78 is 0. The van der Waals surface area contributed by atoms with Crippen molar-refractivity contribution in [2.24, 2.45) is 5.11 Å². The number of aliphatic hydroxyl groups excluding tert-OH is 1. The predicted molar refractivity (Wildman–Crippen MR) is 71.3 cm³/mol. The number of nitro benzene ring substituents is 1. The Labute approximate surface area is 109 Å². The van der Waals surface area contributed by atoms with Crippen LogP contribution in [-0.4, -0.2) is 23.2 Å². The average molecular weight is 265 g/mol. The van der Waals surface area contributed by atoms with E-state index in [2.05, 4.69) is 15.3 Å². The average Bonchev–Trinajstić information content (AvgIpc) is 2.40. The zero-order valence-corrected chi connectivity index (χ0v) is 10.3. The Morgan fingerprint density at radius 3 is 2.84 bits per heavy atom.